The van der Waals surface area contributed by atoms with Crippen molar-refractivity contribution in [2.24, 2.45) is 0 Å². The number of carbonyl (C=O) groups is 1. The van der Waals surface area contributed by atoms with E-state index < -0.39 is 17.7 Å². The fourth-order valence-electron chi connectivity index (χ4n) is 2.99. The van der Waals surface area contributed by atoms with Gasteiger partial charge in [-0.15, -0.1) is 0 Å². The molecule has 3 rings (SSSR count). The largest absolute Gasteiger partial charge is 0.478 e. The predicted molar refractivity (Wildman–Crippen MR) is 111 cm³/mol. The SMILES string of the molecule is FC(F)(F)c1ccc(-c2ccccc2)cc1.Nc1ccc(CO)c(CCO)c1C(=O)O. The number of aliphatic hydroxyl groups excluding tert-OH is 2. The Hall–Kier alpha value is -3.36. The van der Waals surface area contributed by atoms with Crippen LogP contribution in [0.15, 0.2) is 66.7 Å². The second-order valence-electron chi connectivity index (χ2n) is 6.55. The van der Waals surface area contributed by atoms with Crippen molar-refractivity contribution in [2.75, 3.05) is 12.3 Å². The molecular formula is C23H22F3NO4. The third kappa shape index (κ3) is 6.31. The molecule has 0 spiro atoms. The average Bonchev–Trinajstić information content (AvgIpc) is 2.74. The molecule has 0 saturated carbocycles. The van der Waals surface area contributed by atoms with Gasteiger partial charge in [-0.2, -0.15) is 13.2 Å². The molecule has 0 aromatic heterocycles. The van der Waals surface area contributed by atoms with Crippen LogP contribution in [0.2, 0.25) is 0 Å². The summed E-state index contributed by atoms with van der Waals surface area (Å²) in [5, 5.41) is 26.8. The van der Waals surface area contributed by atoms with Gasteiger partial charge in [-0.05, 0) is 46.9 Å². The van der Waals surface area contributed by atoms with E-state index in [1.165, 1.54) is 18.2 Å². The van der Waals surface area contributed by atoms with E-state index in [1.807, 2.05) is 30.3 Å². The van der Waals surface area contributed by atoms with Crippen molar-refractivity contribution in [3.63, 3.8) is 0 Å². The summed E-state index contributed by atoms with van der Waals surface area (Å²) in [4.78, 5) is 10.9. The number of nitrogens with two attached hydrogens (primary N) is 1. The fraction of sp³-hybridized carbons (Fsp3) is 0.174. The van der Waals surface area contributed by atoms with Gasteiger partial charge < -0.3 is 21.1 Å². The molecule has 0 aliphatic heterocycles. The Bertz CT molecular complexity index is 1000. The topological polar surface area (TPSA) is 104 Å². The number of aliphatic hydroxyl groups is 2. The van der Waals surface area contributed by atoms with Crippen molar-refractivity contribution in [1.29, 1.82) is 0 Å². The third-order valence-corrected chi connectivity index (χ3v) is 4.51. The molecule has 0 aliphatic carbocycles. The van der Waals surface area contributed by atoms with E-state index in [0.29, 0.717) is 11.1 Å². The van der Waals surface area contributed by atoms with Crippen LogP contribution in [0.3, 0.4) is 0 Å². The van der Waals surface area contributed by atoms with E-state index in [0.717, 1.165) is 23.3 Å². The van der Waals surface area contributed by atoms with E-state index in [-0.39, 0.29) is 30.9 Å². The second kappa shape index (κ2) is 10.6. The first-order chi connectivity index (χ1) is 14.7. The van der Waals surface area contributed by atoms with E-state index in [4.69, 9.17) is 21.1 Å². The normalized spacial score (nSPS) is 10.9. The van der Waals surface area contributed by atoms with E-state index in [9.17, 15) is 18.0 Å². The smallest absolute Gasteiger partial charge is 0.416 e. The van der Waals surface area contributed by atoms with Gasteiger partial charge in [0.15, 0.2) is 0 Å². The van der Waals surface area contributed by atoms with Gasteiger partial charge in [0, 0.05) is 12.3 Å². The van der Waals surface area contributed by atoms with Crippen LogP contribution < -0.4 is 5.73 Å². The third-order valence-electron chi connectivity index (χ3n) is 4.51. The molecule has 3 aromatic carbocycles. The summed E-state index contributed by atoms with van der Waals surface area (Å²) < 4.78 is 37.0. The highest BCUT2D eigenvalue weighted by Crippen LogP contribution is 2.30. The van der Waals surface area contributed by atoms with Crippen molar-refractivity contribution in [3.05, 3.63) is 89.0 Å². The number of aromatic carboxylic acids is 1. The van der Waals surface area contributed by atoms with Gasteiger partial charge in [0.05, 0.1) is 17.7 Å². The van der Waals surface area contributed by atoms with Crippen LogP contribution in [0.25, 0.3) is 11.1 Å². The minimum Gasteiger partial charge on any atom is -0.478 e. The number of hydrogen-bond acceptors (Lipinski definition) is 4. The number of benzene rings is 3. The Kier molecular flexibility index (Phi) is 8.18. The van der Waals surface area contributed by atoms with E-state index >= 15 is 0 Å². The van der Waals surface area contributed by atoms with Gasteiger partial charge in [0.2, 0.25) is 0 Å². The van der Waals surface area contributed by atoms with Crippen LogP contribution in [-0.2, 0) is 19.2 Å². The molecule has 0 fully saturated rings. The van der Waals surface area contributed by atoms with Gasteiger partial charge >= 0.3 is 12.1 Å². The number of carboxylic acids is 1. The molecule has 5 nitrogen and oxygen atoms in total. The lowest BCUT2D eigenvalue weighted by molar-refractivity contribution is -0.137. The van der Waals surface area contributed by atoms with Crippen LogP contribution in [0, 0.1) is 0 Å². The lowest BCUT2D eigenvalue weighted by Gasteiger charge is -2.12. The molecule has 8 heteroatoms. The molecule has 31 heavy (non-hydrogen) atoms. The van der Waals surface area contributed by atoms with Crippen molar-refractivity contribution in [1.82, 2.24) is 0 Å². The first-order valence-electron chi connectivity index (χ1n) is 9.27. The lowest BCUT2D eigenvalue weighted by atomic mass is 9.97. The molecule has 3 aromatic rings. The number of alkyl halides is 3. The summed E-state index contributed by atoms with van der Waals surface area (Å²) in [6.07, 6.45) is -4.10. The minimum atomic E-state index is -4.27. The zero-order valence-corrected chi connectivity index (χ0v) is 16.4. The Morgan fingerprint density at radius 2 is 1.45 bits per heavy atom. The van der Waals surface area contributed by atoms with Crippen molar-refractivity contribution in [2.45, 2.75) is 19.2 Å². The summed E-state index contributed by atoms with van der Waals surface area (Å²) in [5.74, 6) is -1.15. The molecule has 0 bridgehead atoms. The highest BCUT2D eigenvalue weighted by Gasteiger charge is 2.29. The van der Waals surface area contributed by atoms with Gasteiger partial charge in [0.1, 0.15) is 0 Å². The summed E-state index contributed by atoms with van der Waals surface area (Å²) >= 11 is 0. The Balaban J connectivity index is 0.000000221. The molecule has 0 atom stereocenters. The lowest BCUT2D eigenvalue weighted by Crippen LogP contribution is -2.11. The number of rotatable bonds is 5. The summed E-state index contributed by atoms with van der Waals surface area (Å²) in [6, 6.07) is 17.5. The minimum absolute atomic E-state index is 0.0319. The van der Waals surface area contributed by atoms with Crippen molar-refractivity contribution in [3.8, 4) is 11.1 Å². The number of carboxylic acid groups (broad SMARTS) is 1. The Morgan fingerprint density at radius 1 is 0.871 bits per heavy atom. The van der Waals surface area contributed by atoms with Gasteiger partial charge in [-0.1, -0.05) is 48.5 Å². The van der Waals surface area contributed by atoms with Gasteiger partial charge in [0.25, 0.3) is 0 Å². The van der Waals surface area contributed by atoms with Crippen LogP contribution in [0.4, 0.5) is 18.9 Å². The monoisotopic (exact) mass is 433 g/mol. The maximum Gasteiger partial charge on any atom is 0.416 e. The molecule has 5 N–H and O–H groups in total. The number of anilines is 1. The number of halogens is 3. The van der Waals surface area contributed by atoms with Gasteiger partial charge in [-0.3, -0.25) is 0 Å². The molecule has 0 saturated heterocycles. The Morgan fingerprint density at radius 3 is 1.94 bits per heavy atom. The summed E-state index contributed by atoms with van der Waals surface area (Å²) in [5.41, 5.74) is 7.60. The first kappa shape index (κ1) is 23.9. The molecule has 0 heterocycles. The zero-order chi connectivity index (χ0) is 23.0. The molecule has 0 aliphatic rings. The number of hydrogen-bond donors (Lipinski definition) is 4. The predicted octanol–water partition coefficient (Wildman–Crippen LogP) is 4.37. The number of nitrogen functional groups attached to an aromatic ring is 1. The Labute approximate surface area is 177 Å². The van der Waals surface area contributed by atoms with Crippen molar-refractivity contribution < 1.29 is 33.3 Å². The quantitative estimate of drug-likeness (QED) is 0.448. The molecule has 164 valence electrons. The zero-order valence-electron chi connectivity index (χ0n) is 16.4. The van der Waals surface area contributed by atoms with Crippen LogP contribution in [0.1, 0.15) is 27.0 Å². The summed E-state index contributed by atoms with van der Waals surface area (Å²) in [6.45, 7) is -0.452. The standard InChI is InChI=1S/C13H9F3.C10H13NO4/c14-13(15,16)12-8-6-11(7-9-12)10-4-2-1-3-5-10;11-8-2-1-6(5-13)7(3-4-12)9(8)10(14)15/h1-9H;1-2,12-13H,3-5,11H2,(H,14,15). The highest BCUT2D eigenvalue weighted by molar-refractivity contribution is 5.95. The summed E-state index contributed by atoms with van der Waals surface area (Å²) in [7, 11) is 0. The van der Waals surface area contributed by atoms with Crippen molar-refractivity contribution >= 4 is 11.7 Å². The van der Waals surface area contributed by atoms with Gasteiger partial charge in [-0.25, -0.2) is 4.79 Å². The van der Waals surface area contributed by atoms with Crippen LogP contribution in [0.5, 0.6) is 0 Å². The second-order valence-corrected chi connectivity index (χ2v) is 6.55. The fourth-order valence-corrected chi connectivity index (χ4v) is 2.99. The highest BCUT2D eigenvalue weighted by atomic mass is 19.4. The molecule has 0 unspecified atom stereocenters. The maximum absolute atomic E-state index is 12.3. The first-order valence-corrected chi connectivity index (χ1v) is 9.27. The molecule has 0 radical (unpaired) electrons. The maximum atomic E-state index is 12.3. The van der Waals surface area contributed by atoms with Crippen LogP contribution >= 0.6 is 0 Å². The molecular weight excluding hydrogens is 411 g/mol. The van der Waals surface area contributed by atoms with E-state index in [2.05, 4.69) is 0 Å². The van der Waals surface area contributed by atoms with Crippen LogP contribution in [-0.4, -0.2) is 27.9 Å². The average molecular weight is 433 g/mol. The van der Waals surface area contributed by atoms with E-state index in [1.54, 1.807) is 6.07 Å². The molecule has 0 amide bonds.